The summed E-state index contributed by atoms with van der Waals surface area (Å²) >= 11 is 6.01. The Morgan fingerprint density at radius 3 is 2.58 bits per heavy atom. The van der Waals surface area contributed by atoms with Crippen molar-refractivity contribution < 1.29 is 4.79 Å². The van der Waals surface area contributed by atoms with Crippen molar-refractivity contribution in [3.63, 3.8) is 0 Å². The van der Waals surface area contributed by atoms with Crippen LogP contribution in [-0.4, -0.2) is 22.3 Å². The van der Waals surface area contributed by atoms with Gasteiger partial charge >= 0.3 is 0 Å². The quantitative estimate of drug-likeness (QED) is 0.657. The summed E-state index contributed by atoms with van der Waals surface area (Å²) in [5, 5.41) is 3.88. The second kappa shape index (κ2) is 8.50. The molecule has 0 fully saturated rings. The molecule has 132 valence electrons. The van der Waals surface area contributed by atoms with Gasteiger partial charge in [-0.2, -0.15) is 0 Å². The molecule has 0 aliphatic carbocycles. The van der Waals surface area contributed by atoms with E-state index in [1.807, 2.05) is 67.6 Å². The van der Waals surface area contributed by atoms with E-state index in [4.69, 9.17) is 11.6 Å². The molecule has 1 aromatic heterocycles. The highest BCUT2D eigenvalue weighted by atomic mass is 35.5. The summed E-state index contributed by atoms with van der Waals surface area (Å²) in [5.74, 6) is -0.0430. The van der Waals surface area contributed by atoms with E-state index in [0.29, 0.717) is 23.7 Å². The molecule has 1 amide bonds. The number of nitrogens with one attached hydrogen (secondary N) is 1. The molecule has 0 unspecified atom stereocenters. The third-order valence-electron chi connectivity index (χ3n) is 3.98. The van der Waals surface area contributed by atoms with Crippen LogP contribution in [0, 0.1) is 0 Å². The van der Waals surface area contributed by atoms with Gasteiger partial charge in [0.25, 0.3) is 5.91 Å². The van der Waals surface area contributed by atoms with E-state index in [9.17, 15) is 4.79 Å². The van der Waals surface area contributed by atoms with E-state index in [1.54, 1.807) is 17.3 Å². The molecule has 4 nitrogen and oxygen atoms in total. The Hall–Kier alpha value is -2.85. The maximum atomic E-state index is 12.9. The summed E-state index contributed by atoms with van der Waals surface area (Å²) in [5.41, 5.74) is 3.24. The smallest absolute Gasteiger partial charge is 0.255 e. The summed E-state index contributed by atoms with van der Waals surface area (Å²) in [6, 6.07) is 19.2. The number of anilines is 2. The van der Waals surface area contributed by atoms with Gasteiger partial charge in [-0.25, -0.2) is 0 Å². The van der Waals surface area contributed by atoms with Crippen molar-refractivity contribution in [3.8, 4) is 0 Å². The number of nitrogens with zero attached hydrogens (tertiary/aromatic N) is 2. The van der Waals surface area contributed by atoms with E-state index in [1.165, 1.54) is 0 Å². The first-order valence-corrected chi connectivity index (χ1v) is 8.84. The van der Waals surface area contributed by atoms with Crippen molar-refractivity contribution in [1.29, 1.82) is 0 Å². The molecule has 0 atom stereocenters. The van der Waals surface area contributed by atoms with Gasteiger partial charge in [-0.1, -0.05) is 48.0 Å². The highest BCUT2D eigenvalue weighted by Gasteiger charge is 2.15. The van der Waals surface area contributed by atoms with Crippen molar-refractivity contribution in [1.82, 2.24) is 9.88 Å². The molecule has 0 bridgehead atoms. The number of hydrogen-bond acceptors (Lipinski definition) is 3. The van der Waals surface area contributed by atoms with Crippen LogP contribution in [0.4, 0.5) is 11.4 Å². The number of pyridine rings is 1. The lowest BCUT2D eigenvalue weighted by Gasteiger charge is -2.21. The van der Waals surface area contributed by atoms with Crippen molar-refractivity contribution in [2.75, 3.05) is 11.9 Å². The summed E-state index contributed by atoms with van der Waals surface area (Å²) < 4.78 is 0. The van der Waals surface area contributed by atoms with E-state index in [-0.39, 0.29) is 5.91 Å². The minimum absolute atomic E-state index is 0.0430. The van der Waals surface area contributed by atoms with Crippen LogP contribution in [0.25, 0.3) is 0 Å². The summed E-state index contributed by atoms with van der Waals surface area (Å²) in [6.07, 6.45) is 3.28. The van der Waals surface area contributed by atoms with E-state index in [2.05, 4.69) is 10.3 Å². The summed E-state index contributed by atoms with van der Waals surface area (Å²) in [7, 11) is 0. The molecule has 3 rings (SSSR count). The predicted molar refractivity (Wildman–Crippen MR) is 106 cm³/mol. The second-order valence-corrected chi connectivity index (χ2v) is 6.34. The Labute approximate surface area is 158 Å². The van der Waals surface area contributed by atoms with Crippen molar-refractivity contribution in [3.05, 3.63) is 89.2 Å². The van der Waals surface area contributed by atoms with Gasteiger partial charge in [0.1, 0.15) is 0 Å². The van der Waals surface area contributed by atoms with Crippen LogP contribution in [-0.2, 0) is 6.54 Å². The molecule has 0 radical (unpaired) electrons. The standard InChI is InChI=1S/C21H20ClN3O/c1-2-25(15-16-7-4-3-5-8-16)21(26)17-11-20(14-23-13-17)24-19-10-6-9-18(22)12-19/h3-14,24H,2,15H2,1H3. The largest absolute Gasteiger partial charge is 0.354 e. The zero-order valence-corrected chi connectivity index (χ0v) is 15.3. The summed E-state index contributed by atoms with van der Waals surface area (Å²) in [4.78, 5) is 18.9. The number of hydrogen-bond donors (Lipinski definition) is 1. The van der Waals surface area contributed by atoms with Crippen molar-refractivity contribution in [2.24, 2.45) is 0 Å². The number of carbonyl (C=O) groups is 1. The lowest BCUT2D eigenvalue weighted by molar-refractivity contribution is 0.0752. The highest BCUT2D eigenvalue weighted by Crippen LogP contribution is 2.21. The molecule has 0 saturated carbocycles. The molecule has 0 spiro atoms. The van der Waals surface area contributed by atoms with Crippen LogP contribution < -0.4 is 5.32 Å². The zero-order chi connectivity index (χ0) is 18.4. The number of halogens is 1. The van der Waals surface area contributed by atoms with Crippen molar-refractivity contribution in [2.45, 2.75) is 13.5 Å². The number of rotatable bonds is 6. The van der Waals surface area contributed by atoms with Gasteiger partial charge in [0.2, 0.25) is 0 Å². The first-order valence-electron chi connectivity index (χ1n) is 8.46. The maximum Gasteiger partial charge on any atom is 0.255 e. The van der Waals surface area contributed by atoms with Gasteiger partial charge in [-0.05, 0) is 36.8 Å². The maximum absolute atomic E-state index is 12.9. The van der Waals surface area contributed by atoms with Crippen molar-refractivity contribution >= 4 is 28.9 Å². The molecule has 0 saturated heterocycles. The molecule has 1 N–H and O–H groups in total. The molecular weight excluding hydrogens is 346 g/mol. The van der Waals surface area contributed by atoms with Gasteiger partial charge in [0, 0.05) is 30.0 Å². The van der Waals surface area contributed by atoms with Crippen LogP contribution in [0.1, 0.15) is 22.8 Å². The van der Waals surface area contributed by atoms with E-state index < -0.39 is 0 Å². The number of benzene rings is 2. The normalized spacial score (nSPS) is 10.4. The molecule has 2 aromatic carbocycles. The number of aromatic nitrogens is 1. The van der Waals surface area contributed by atoms with Crippen LogP contribution in [0.2, 0.25) is 5.02 Å². The van der Waals surface area contributed by atoms with Gasteiger partial charge in [-0.3, -0.25) is 9.78 Å². The van der Waals surface area contributed by atoms with Crippen LogP contribution in [0.5, 0.6) is 0 Å². The molecule has 5 heteroatoms. The average Bonchev–Trinajstić information content (AvgIpc) is 2.66. The highest BCUT2D eigenvalue weighted by molar-refractivity contribution is 6.30. The molecular formula is C21H20ClN3O. The minimum atomic E-state index is -0.0430. The molecule has 0 aliphatic heterocycles. The van der Waals surface area contributed by atoms with Crippen LogP contribution in [0.3, 0.4) is 0 Å². The molecule has 3 aromatic rings. The Morgan fingerprint density at radius 2 is 1.85 bits per heavy atom. The third kappa shape index (κ3) is 4.61. The Bertz CT molecular complexity index is 883. The van der Waals surface area contributed by atoms with Gasteiger partial charge in [0.05, 0.1) is 17.4 Å². The number of carbonyl (C=O) groups excluding carboxylic acids is 1. The molecule has 1 heterocycles. The van der Waals surface area contributed by atoms with E-state index >= 15 is 0 Å². The average molecular weight is 366 g/mol. The van der Waals surface area contributed by atoms with Gasteiger partial charge in [-0.15, -0.1) is 0 Å². The topological polar surface area (TPSA) is 45.2 Å². The summed E-state index contributed by atoms with van der Waals surface area (Å²) in [6.45, 7) is 3.17. The second-order valence-electron chi connectivity index (χ2n) is 5.90. The van der Waals surface area contributed by atoms with Gasteiger partial charge in [0.15, 0.2) is 0 Å². The predicted octanol–water partition coefficient (Wildman–Crippen LogP) is 5.14. The first-order chi connectivity index (χ1) is 12.7. The lowest BCUT2D eigenvalue weighted by Crippen LogP contribution is -2.30. The fourth-order valence-electron chi connectivity index (χ4n) is 2.67. The molecule has 26 heavy (non-hydrogen) atoms. The SMILES string of the molecule is CCN(Cc1ccccc1)C(=O)c1cncc(Nc2cccc(Cl)c2)c1. The van der Waals surface area contributed by atoms with Gasteiger partial charge < -0.3 is 10.2 Å². The first kappa shape index (κ1) is 18.0. The Balaban J connectivity index is 1.76. The Morgan fingerprint density at radius 1 is 1.04 bits per heavy atom. The third-order valence-corrected chi connectivity index (χ3v) is 4.22. The van der Waals surface area contributed by atoms with Crippen LogP contribution in [0.15, 0.2) is 73.1 Å². The number of amides is 1. The van der Waals surface area contributed by atoms with E-state index in [0.717, 1.165) is 16.9 Å². The lowest BCUT2D eigenvalue weighted by atomic mass is 10.2. The molecule has 0 aliphatic rings. The minimum Gasteiger partial charge on any atom is -0.354 e. The fraction of sp³-hybridized carbons (Fsp3) is 0.143. The zero-order valence-electron chi connectivity index (χ0n) is 14.5. The fourth-order valence-corrected chi connectivity index (χ4v) is 2.86. The Kier molecular flexibility index (Phi) is 5.87. The van der Waals surface area contributed by atoms with Crippen LogP contribution >= 0.6 is 11.6 Å². The monoisotopic (exact) mass is 365 g/mol.